The smallest absolute Gasteiger partial charge is 0.157 e. The van der Waals surface area contributed by atoms with E-state index in [0.29, 0.717) is 5.41 Å². The fourth-order valence-corrected chi connectivity index (χ4v) is 5.89. The van der Waals surface area contributed by atoms with Gasteiger partial charge in [0, 0.05) is 6.42 Å². The SMILES string of the molecule is C1COC(CC2CCCCC23CC2CCC3C2)OC1. The van der Waals surface area contributed by atoms with Gasteiger partial charge in [-0.2, -0.15) is 0 Å². The average molecular weight is 264 g/mol. The maximum Gasteiger partial charge on any atom is 0.157 e. The fourth-order valence-electron chi connectivity index (χ4n) is 5.89. The van der Waals surface area contributed by atoms with Gasteiger partial charge < -0.3 is 9.47 Å². The Morgan fingerprint density at radius 1 is 0.947 bits per heavy atom. The fraction of sp³-hybridized carbons (Fsp3) is 1.00. The topological polar surface area (TPSA) is 18.5 Å². The first-order chi connectivity index (χ1) is 9.37. The van der Waals surface area contributed by atoms with E-state index in [1.165, 1.54) is 51.4 Å². The van der Waals surface area contributed by atoms with E-state index in [1.807, 2.05) is 0 Å². The summed E-state index contributed by atoms with van der Waals surface area (Å²) in [5.41, 5.74) is 0.700. The highest BCUT2D eigenvalue weighted by atomic mass is 16.7. The van der Waals surface area contributed by atoms with Crippen molar-refractivity contribution in [1.82, 2.24) is 0 Å². The minimum atomic E-state index is 0.118. The van der Waals surface area contributed by atoms with Gasteiger partial charge in [-0.1, -0.05) is 19.3 Å². The highest BCUT2D eigenvalue weighted by Gasteiger charge is 2.55. The Bertz CT molecular complexity index is 323. The van der Waals surface area contributed by atoms with Crippen molar-refractivity contribution in [2.75, 3.05) is 13.2 Å². The molecule has 3 aliphatic carbocycles. The summed E-state index contributed by atoms with van der Waals surface area (Å²) in [4.78, 5) is 0. The number of fused-ring (bicyclic) bond motifs is 3. The quantitative estimate of drug-likeness (QED) is 0.746. The molecule has 0 aromatic rings. The van der Waals surface area contributed by atoms with Crippen molar-refractivity contribution in [3.63, 3.8) is 0 Å². The van der Waals surface area contributed by atoms with Gasteiger partial charge in [0.25, 0.3) is 0 Å². The highest BCUT2D eigenvalue weighted by molar-refractivity contribution is 5.04. The van der Waals surface area contributed by atoms with Crippen molar-refractivity contribution in [2.24, 2.45) is 23.2 Å². The molecule has 0 radical (unpaired) electrons. The molecule has 0 N–H and O–H groups in total. The average Bonchev–Trinajstić information content (AvgIpc) is 3.04. The first-order valence-electron chi connectivity index (χ1n) is 8.60. The maximum atomic E-state index is 5.84. The van der Waals surface area contributed by atoms with Crippen LogP contribution in [0.4, 0.5) is 0 Å². The second-order valence-corrected chi connectivity index (χ2v) is 7.52. The molecule has 0 aromatic carbocycles. The highest BCUT2D eigenvalue weighted by Crippen LogP contribution is 2.64. The third kappa shape index (κ3) is 2.15. The van der Waals surface area contributed by atoms with E-state index in [-0.39, 0.29) is 6.29 Å². The molecule has 4 fully saturated rings. The summed E-state index contributed by atoms with van der Waals surface area (Å²) in [6.07, 6.45) is 14.4. The zero-order valence-corrected chi connectivity index (χ0v) is 12.1. The molecule has 1 heterocycles. The van der Waals surface area contributed by atoms with Crippen LogP contribution < -0.4 is 0 Å². The molecular formula is C17H28O2. The Morgan fingerprint density at radius 2 is 1.84 bits per heavy atom. The zero-order valence-electron chi connectivity index (χ0n) is 12.1. The van der Waals surface area contributed by atoms with Gasteiger partial charge in [-0.25, -0.2) is 0 Å². The molecule has 0 amide bonds. The Morgan fingerprint density at radius 3 is 2.58 bits per heavy atom. The minimum Gasteiger partial charge on any atom is -0.353 e. The monoisotopic (exact) mass is 264 g/mol. The second-order valence-electron chi connectivity index (χ2n) is 7.52. The Hall–Kier alpha value is -0.0800. The van der Waals surface area contributed by atoms with Gasteiger partial charge in [0.15, 0.2) is 6.29 Å². The van der Waals surface area contributed by atoms with Crippen LogP contribution in [0, 0.1) is 23.2 Å². The van der Waals surface area contributed by atoms with Crippen LogP contribution in [-0.4, -0.2) is 19.5 Å². The molecule has 1 spiro atoms. The van der Waals surface area contributed by atoms with Crippen LogP contribution in [0.25, 0.3) is 0 Å². The summed E-state index contributed by atoms with van der Waals surface area (Å²) in [5, 5.41) is 0. The number of ether oxygens (including phenoxy) is 2. The van der Waals surface area contributed by atoms with Crippen molar-refractivity contribution >= 4 is 0 Å². The zero-order chi connectivity index (χ0) is 12.7. The molecule has 1 aliphatic heterocycles. The Labute approximate surface area is 117 Å². The largest absolute Gasteiger partial charge is 0.353 e. The Balaban J connectivity index is 1.48. The van der Waals surface area contributed by atoms with E-state index in [2.05, 4.69) is 0 Å². The van der Waals surface area contributed by atoms with E-state index in [0.717, 1.165) is 37.4 Å². The minimum absolute atomic E-state index is 0.118. The standard InChI is InChI=1S/C17H28O2/c1-2-7-17(12-13-5-6-15(17)10-13)14(4-1)11-16-18-8-3-9-19-16/h13-16H,1-12H2. The molecule has 3 saturated carbocycles. The molecule has 2 nitrogen and oxygen atoms in total. The van der Waals surface area contributed by atoms with Gasteiger partial charge in [-0.3, -0.25) is 0 Å². The van der Waals surface area contributed by atoms with Crippen LogP contribution in [0.5, 0.6) is 0 Å². The predicted molar refractivity (Wildman–Crippen MR) is 74.8 cm³/mol. The lowest BCUT2D eigenvalue weighted by atomic mass is 9.57. The summed E-state index contributed by atoms with van der Waals surface area (Å²) < 4.78 is 11.7. The van der Waals surface area contributed by atoms with Gasteiger partial charge >= 0.3 is 0 Å². The van der Waals surface area contributed by atoms with Crippen molar-refractivity contribution < 1.29 is 9.47 Å². The van der Waals surface area contributed by atoms with Crippen LogP contribution in [0.3, 0.4) is 0 Å². The predicted octanol–water partition coefficient (Wildman–Crippen LogP) is 4.14. The van der Waals surface area contributed by atoms with Crippen LogP contribution in [0.1, 0.15) is 64.2 Å². The molecule has 4 rings (SSSR count). The molecule has 4 aliphatic rings. The van der Waals surface area contributed by atoms with Gasteiger partial charge in [0.1, 0.15) is 0 Å². The third-order valence-electron chi connectivity index (χ3n) is 6.65. The van der Waals surface area contributed by atoms with Gasteiger partial charge in [0.2, 0.25) is 0 Å². The lowest BCUT2D eigenvalue weighted by molar-refractivity contribution is -0.195. The van der Waals surface area contributed by atoms with E-state index in [9.17, 15) is 0 Å². The van der Waals surface area contributed by atoms with Crippen molar-refractivity contribution in [1.29, 1.82) is 0 Å². The summed E-state index contributed by atoms with van der Waals surface area (Å²) in [6, 6.07) is 0. The second kappa shape index (κ2) is 5.04. The van der Waals surface area contributed by atoms with Crippen LogP contribution in [0.15, 0.2) is 0 Å². The summed E-state index contributed by atoms with van der Waals surface area (Å²) in [5.74, 6) is 3.00. The summed E-state index contributed by atoms with van der Waals surface area (Å²) >= 11 is 0. The van der Waals surface area contributed by atoms with Crippen molar-refractivity contribution in [3.8, 4) is 0 Å². The summed E-state index contributed by atoms with van der Waals surface area (Å²) in [7, 11) is 0. The first kappa shape index (κ1) is 12.6. The summed E-state index contributed by atoms with van der Waals surface area (Å²) in [6.45, 7) is 1.83. The number of rotatable bonds is 2. The number of hydrogen-bond acceptors (Lipinski definition) is 2. The van der Waals surface area contributed by atoms with E-state index in [1.54, 1.807) is 6.42 Å². The first-order valence-corrected chi connectivity index (χ1v) is 8.60. The molecule has 4 atom stereocenters. The van der Waals surface area contributed by atoms with Crippen molar-refractivity contribution in [2.45, 2.75) is 70.5 Å². The lowest BCUT2D eigenvalue weighted by Gasteiger charge is -2.48. The van der Waals surface area contributed by atoms with E-state index >= 15 is 0 Å². The third-order valence-corrected chi connectivity index (χ3v) is 6.65. The Kier molecular flexibility index (Phi) is 3.35. The molecule has 0 aromatic heterocycles. The van der Waals surface area contributed by atoms with Gasteiger partial charge in [-0.15, -0.1) is 0 Å². The van der Waals surface area contributed by atoms with Crippen LogP contribution in [0.2, 0.25) is 0 Å². The molecule has 4 unspecified atom stereocenters. The van der Waals surface area contributed by atoms with Gasteiger partial charge in [0.05, 0.1) is 13.2 Å². The van der Waals surface area contributed by atoms with E-state index < -0.39 is 0 Å². The molecule has 2 bridgehead atoms. The molecule has 2 heteroatoms. The molecule has 19 heavy (non-hydrogen) atoms. The van der Waals surface area contributed by atoms with Crippen LogP contribution >= 0.6 is 0 Å². The normalized spacial score (nSPS) is 47.1. The van der Waals surface area contributed by atoms with Crippen molar-refractivity contribution in [3.05, 3.63) is 0 Å². The van der Waals surface area contributed by atoms with Crippen LogP contribution in [-0.2, 0) is 9.47 Å². The number of hydrogen-bond donors (Lipinski definition) is 0. The molecule has 108 valence electrons. The molecular weight excluding hydrogens is 236 g/mol. The van der Waals surface area contributed by atoms with Gasteiger partial charge in [-0.05, 0) is 61.7 Å². The molecule has 1 saturated heterocycles. The lowest BCUT2D eigenvalue weighted by Crippen LogP contribution is -2.41. The maximum absolute atomic E-state index is 5.84. The van der Waals surface area contributed by atoms with E-state index in [4.69, 9.17) is 9.47 Å².